The van der Waals surface area contributed by atoms with E-state index in [1.165, 1.54) is 0 Å². The molecule has 1 aromatic carbocycles. The van der Waals surface area contributed by atoms with Gasteiger partial charge in [-0.3, -0.25) is 4.98 Å². The molecule has 0 amide bonds. The van der Waals surface area contributed by atoms with Crippen LogP contribution in [0.4, 0.5) is 17.5 Å². The molecule has 5 rings (SSSR count). The predicted octanol–water partition coefficient (Wildman–Crippen LogP) is -0.615. The number of aliphatic hydroxyl groups excluding tert-OH is 3. The minimum Gasteiger partial charge on any atom is -1.00 e. The first-order valence-electron chi connectivity index (χ1n) is 11.7. The van der Waals surface area contributed by atoms with Gasteiger partial charge in [0.05, 0.1) is 35.1 Å². The fourth-order valence-electron chi connectivity index (χ4n) is 4.67. The van der Waals surface area contributed by atoms with Crippen LogP contribution in [0.3, 0.4) is 0 Å². The van der Waals surface area contributed by atoms with Crippen LogP contribution in [-0.2, 0) is 0 Å². The van der Waals surface area contributed by atoms with E-state index in [1.54, 1.807) is 0 Å². The molecule has 188 valence electrons. The van der Waals surface area contributed by atoms with Crippen molar-refractivity contribution >= 4 is 28.4 Å². The summed E-state index contributed by atoms with van der Waals surface area (Å²) in [6.07, 6.45) is 0.194. The van der Waals surface area contributed by atoms with Gasteiger partial charge in [-0.05, 0) is 44.5 Å². The molecule has 1 aliphatic rings. The van der Waals surface area contributed by atoms with Gasteiger partial charge in [-0.15, -0.1) is 0 Å². The molecule has 1 aliphatic carbocycles. The van der Waals surface area contributed by atoms with Crippen molar-refractivity contribution in [1.29, 1.82) is 0 Å². The molecule has 0 unspecified atom stereocenters. The Bertz CT molecular complexity index is 1350. The fourth-order valence-corrected chi connectivity index (χ4v) is 4.67. The number of H-pyrrole nitrogens is 1. The maximum atomic E-state index is 10.6. The summed E-state index contributed by atoms with van der Waals surface area (Å²) in [6, 6.07) is 15.2. The molecule has 10 heteroatoms. The summed E-state index contributed by atoms with van der Waals surface area (Å²) in [5.74, 6) is 0.598. The standard InChI is InChI=1S/C26H28N6O3.ClH/c1-14-9-18(10-15(2)28-14)29-26-27-12-19(21-8-7-16-5-3-4-6-20(16)30-21)25(32-26)31-22-11-17(13-33)23(34)24(22)35;/h3-10,12,17,22-24,33-35H,11,13H2,1-2H3,(H2,27,28,29,31,32);1H/t17-,22-,23-,24+;/m1./s1. The summed E-state index contributed by atoms with van der Waals surface area (Å²) in [5.41, 5.74) is 4.92. The van der Waals surface area contributed by atoms with Gasteiger partial charge in [-0.1, -0.05) is 29.2 Å². The molecule has 1 fully saturated rings. The molecule has 36 heavy (non-hydrogen) atoms. The third-order valence-electron chi connectivity index (χ3n) is 6.41. The number of aromatic amines is 1. The fraction of sp³-hybridized carbons (Fsp3) is 0.308. The number of rotatable bonds is 6. The third kappa shape index (κ3) is 5.24. The van der Waals surface area contributed by atoms with Crippen molar-refractivity contribution < 1.29 is 32.7 Å². The summed E-state index contributed by atoms with van der Waals surface area (Å²) in [6.45, 7) is 3.67. The molecule has 9 nitrogen and oxygen atoms in total. The first kappa shape index (κ1) is 25.7. The van der Waals surface area contributed by atoms with Crippen LogP contribution < -0.4 is 28.0 Å². The number of nitrogens with zero attached hydrogens (tertiary/aromatic N) is 3. The summed E-state index contributed by atoms with van der Waals surface area (Å²) < 4.78 is 0. The van der Waals surface area contributed by atoms with Crippen molar-refractivity contribution in [3.63, 3.8) is 0 Å². The van der Waals surface area contributed by atoms with Crippen LogP contribution in [0.1, 0.15) is 17.8 Å². The molecule has 6 N–H and O–H groups in total. The normalized spacial score (nSPS) is 21.2. The van der Waals surface area contributed by atoms with E-state index in [1.807, 2.05) is 68.6 Å². The van der Waals surface area contributed by atoms with Gasteiger partial charge in [0, 0.05) is 29.3 Å². The van der Waals surface area contributed by atoms with Gasteiger partial charge in [0.2, 0.25) is 5.82 Å². The minimum atomic E-state index is -1.03. The van der Waals surface area contributed by atoms with E-state index in [0.717, 1.165) is 33.5 Å². The molecule has 0 bridgehead atoms. The molecule has 0 saturated heterocycles. The van der Waals surface area contributed by atoms with Crippen LogP contribution in [0.5, 0.6) is 0 Å². The number of para-hydroxylation sites is 1. The van der Waals surface area contributed by atoms with E-state index in [-0.39, 0.29) is 19.0 Å². The summed E-state index contributed by atoms with van der Waals surface area (Å²) in [7, 11) is 0. The number of aryl methyl sites for hydroxylation is 2. The molecular formula is C26H29ClN6O3. The monoisotopic (exact) mass is 508 g/mol. The van der Waals surface area contributed by atoms with Gasteiger partial charge in [0.1, 0.15) is 11.8 Å². The van der Waals surface area contributed by atoms with Crippen molar-refractivity contribution in [3.05, 3.63) is 66.1 Å². The molecule has 3 heterocycles. The van der Waals surface area contributed by atoms with E-state index < -0.39 is 24.2 Å². The number of aliphatic hydroxyl groups is 3. The number of aromatic nitrogens is 4. The molecule has 4 aromatic rings. The Morgan fingerprint density at radius 1 is 0.972 bits per heavy atom. The van der Waals surface area contributed by atoms with Crippen molar-refractivity contribution in [2.24, 2.45) is 5.92 Å². The lowest BCUT2D eigenvalue weighted by atomic mass is 10.1. The third-order valence-corrected chi connectivity index (χ3v) is 6.41. The Kier molecular flexibility index (Phi) is 7.65. The van der Waals surface area contributed by atoms with Gasteiger partial charge in [0.25, 0.3) is 0 Å². The van der Waals surface area contributed by atoms with Crippen molar-refractivity contribution in [3.8, 4) is 11.3 Å². The summed E-state index contributed by atoms with van der Waals surface area (Å²) >= 11 is 0. The lowest BCUT2D eigenvalue weighted by Gasteiger charge is -2.18. The molecule has 3 aromatic heterocycles. The van der Waals surface area contributed by atoms with Crippen LogP contribution in [0.15, 0.2) is 54.7 Å². The highest BCUT2D eigenvalue weighted by molar-refractivity contribution is 5.83. The van der Waals surface area contributed by atoms with Gasteiger partial charge in [0.15, 0.2) is 0 Å². The largest absolute Gasteiger partial charge is 1.00 e. The van der Waals surface area contributed by atoms with E-state index in [0.29, 0.717) is 23.9 Å². The van der Waals surface area contributed by atoms with Gasteiger partial charge < -0.3 is 33.0 Å². The molecule has 4 atom stereocenters. The number of hydrogen-bond donors (Lipinski definition) is 5. The van der Waals surface area contributed by atoms with Gasteiger partial charge >= 0.3 is 5.95 Å². The second kappa shape index (κ2) is 10.7. The molecule has 0 spiro atoms. The van der Waals surface area contributed by atoms with Crippen LogP contribution in [0.25, 0.3) is 22.2 Å². The Morgan fingerprint density at radius 2 is 1.72 bits per heavy atom. The summed E-state index contributed by atoms with van der Waals surface area (Å²) in [5, 5.41) is 38.1. The van der Waals surface area contributed by atoms with E-state index in [4.69, 9.17) is 9.97 Å². The number of anilines is 3. The topological polar surface area (TPSA) is 138 Å². The summed E-state index contributed by atoms with van der Waals surface area (Å²) in [4.78, 5) is 17.2. The van der Waals surface area contributed by atoms with E-state index in [2.05, 4.69) is 20.6 Å². The number of halogens is 1. The molecular weight excluding hydrogens is 480 g/mol. The molecule has 0 radical (unpaired) electrons. The van der Waals surface area contributed by atoms with Crippen LogP contribution in [0, 0.1) is 19.8 Å². The Labute approximate surface area is 215 Å². The number of hydrogen-bond acceptors (Lipinski definition) is 8. The smallest absolute Gasteiger partial charge is 0.396 e. The Morgan fingerprint density at radius 3 is 2.44 bits per heavy atom. The first-order valence-corrected chi connectivity index (χ1v) is 11.7. The molecule has 0 aliphatic heterocycles. The average Bonchev–Trinajstić information content (AvgIpc) is 3.11. The predicted molar refractivity (Wildman–Crippen MR) is 133 cm³/mol. The van der Waals surface area contributed by atoms with Crippen molar-refractivity contribution in [2.75, 3.05) is 17.2 Å². The zero-order chi connectivity index (χ0) is 24.5. The number of pyridine rings is 2. The van der Waals surface area contributed by atoms with Gasteiger partial charge in [-0.2, -0.15) is 0 Å². The second-order valence-corrected chi connectivity index (χ2v) is 9.07. The van der Waals surface area contributed by atoms with E-state index in [9.17, 15) is 15.3 Å². The Balaban J connectivity index is 0.00000304. The quantitative estimate of drug-likeness (QED) is 0.232. The highest BCUT2D eigenvalue weighted by atomic mass is 35.5. The van der Waals surface area contributed by atoms with E-state index >= 15 is 0 Å². The average molecular weight is 509 g/mol. The second-order valence-electron chi connectivity index (χ2n) is 9.07. The lowest BCUT2D eigenvalue weighted by Crippen LogP contribution is -3.00. The number of fused-ring (bicyclic) bond motifs is 1. The zero-order valence-corrected chi connectivity index (χ0v) is 20.7. The number of nitrogens with one attached hydrogen (secondary N) is 3. The maximum absolute atomic E-state index is 10.6. The van der Waals surface area contributed by atoms with Crippen molar-refractivity contribution in [2.45, 2.75) is 38.5 Å². The van der Waals surface area contributed by atoms with Crippen molar-refractivity contribution in [1.82, 2.24) is 15.0 Å². The highest BCUT2D eigenvalue weighted by Gasteiger charge is 2.42. The SMILES string of the molecule is Cc1cc(Nc2nc(N[C@@H]3C[C@H](CO)[C@@H](O)[C@H]3O)c(-c3ccc4ccccc4n3)c[nH+]2)cc(C)n1.[Cl-]. The lowest BCUT2D eigenvalue weighted by molar-refractivity contribution is -0.363. The van der Waals surface area contributed by atoms with Gasteiger partial charge in [-0.25, -0.2) is 15.3 Å². The maximum Gasteiger partial charge on any atom is 0.396 e. The van der Waals surface area contributed by atoms with Crippen LogP contribution in [-0.4, -0.2) is 55.1 Å². The first-order chi connectivity index (χ1) is 16.9. The molecule has 1 saturated carbocycles. The van der Waals surface area contributed by atoms with Crippen LogP contribution >= 0.6 is 0 Å². The zero-order valence-electron chi connectivity index (χ0n) is 20.0. The number of benzene rings is 1. The highest BCUT2D eigenvalue weighted by Crippen LogP contribution is 2.32. The minimum absolute atomic E-state index is 0. The Hall–Kier alpha value is -3.37. The van der Waals surface area contributed by atoms with Crippen LogP contribution in [0.2, 0.25) is 0 Å².